The topological polar surface area (TPSA) is 104 Å². The van der Waals surface area contributed by atoms with Crippen LogP contribution in [-0.2, 0) is 0 Å². The molecule has 9 heteroatoms. The fourth-order valence-electron chi connectivity index (χ4n) is 2.69. The summed E-state index contributed by atoms with van der Waals surface area (Å²) in [6.07, 6.45) is 4.47. The van der Waals surface area contributed by atoms with E-state index < -0.39 is 0 Å². The average Bonchev–Trinajstić information content (AvgIpc) is 2.69. The smallest absolute Gasteiger partial charge is 0.221 e. The highest BCUT2D eigenvalue weighted by Gasteiger charge is 2.12. The Kier molecular flexibility index (Phi) is 6.26. The number of anilines is 2. The van der Waals surface area contributed by atoms with Gasteiger partial charge in [-0.2, -0.15) is 0 Å². The third kappa shape index (κ3) is 4.61. The second-order valence-electron chi connectivity index (χ2n) is 5.87. The molecule has 0 saturated carbocycles. The number of aromatic nitrogens is 4. The summed E-state index contributed by atoms with van der Waals surface area (Å²) in [4.78, 5) is 17.1. The Bertz CT molecular complexity index is 1140. The van der Waals surface area contributed by atoms with Gasteiger partial charge in [-0.1, -0.05) is 36.0 Å². The van der Waals surface area contributed by atoms with E-state index in [1.807, 2.05) is 30.3 Å². The molecule has 4 N–H and O–H groups in total. The summed E-state index contributed by atoms with van der Waals surface area (Å²) in [6.45, 7) is 0. The van der Waals surface area contributed by atoms with Crippen molar-refractivity contribution in [1.29, 1.82) is 0 Å². The van der Waals surface area contributed by atoms with Crippen molar-refractivity contribution in [3.8, 4) is 22.4 Å². The van der Waals surface area contributed by atoms with Gasteiger partial charge in [0.2, 0.25) is 5.95 Å². The van der Waals surface area contributed by atoms with Crippen LogP contribution in [0.25, 0.3) is 22.4 Å². The molecule has 29 heavy (non-hydrogen) atoms. The molecule has 2 aromatic carbocycles. The molecule has 146 valence electrons. The van der Waals surface area contributed by atoms with Crippen molar-refractivity contribution >= 4 is 35.9 Å². The van der Waals surface area contributed by atoms with Crippen molar-refractivity contribution in [2.45, 2.75) is 9.92 Å². The number of rotatable bonds is 4. The zero-order chi connectivity index (χ0) is 19.5. The van der Waals surface area contributed by atoms with Gasteiger partial charge in [0.05, 0.1) is 18.1 Å². The predicted octanol–water partition coefficient (Wildman–Crippen LogP) is 4.48. The number of halogens is 2. The lowest BCUT2D eigenvalue weighted by atomic mass is 10.0. The number of hydrogen-bond acceptors (Lipinski definition) is 7. The third-order valence-electron chi connectivity index (χ3n) is 3.98. The molecule has 0 aliphatic heterocycles. The Labute approximate surface area is 177 Å². The standard InChI is InChI=1S/C20H15FN6S.ClH/c21-15-9-12(5-6-14(15)16-10-26-18(22)11-25-16)13-3-1-2-4-17(13)28-19-7-8-24-20(23)27-19;/h1-11H,(H2,22,26)(H2,23,24,27);1H. The second kappa shape index (κ2) is 8.85. The number of nitrogen functional groups attached to an aromatic ring is 2. The molecule has 0 spiro atoms. The Morgan fingerprint density at radius 1 is 0.862 bits per heavy atom. The molecule has 4 aromatic rings. The van der Waals surface area contributed by atoms with Gasteiger partial charge in [-0.15, -0.1) is 12.4 Å². The van der Waals surface area contributed by atoms with Crippen LogP contribution in [0.2, 0.25) is 0 Å². The van der Waals surface area contributed by atoms with E-state index in [0.717, 1.165) is 16.0 Å². The Morgan fingerprint density at radius 3 is 2.41 bits per heavy atom. The zero-order valence-corrected chi connectivity index (χ0v) is 16.6. The quantitative estimate of drug-likeness (QED) is 0.463. The summed E-state index contributed by atoms with van der Waals surface area (Å²) in [6, 6.07) is 14.5. The number of hydrogen-bond donors (Lipinski definition) is 2. The molecule has 0 fully saturated rings. The average molecular weight is 427 g/mol. The van der Waals surface area contributed by atoms with Crippen molar-refractivity contribution in [2.75, 3.05) is 11.5 Å². The van der Waals surface area contributed by atoms with Gasteiger partial charge in [-0.25, -0.2) is 19.3 Å². The highest BCUT2D eigenvalue weighted by atomic mass is 35.5. The fraction of sp³-hybridized carbons (Fsp3) is 0. The minimum absolute atomic E-state index is 0. The molecule has 0 atom stereocenters. The van der Waals surface area contributed by atoms with E-state index >= 15 is 0 Å². The SMILES string of the molecule is Cl.Nc1cnc(-c2ccc(-c3ccccc3Sc3ccnc(N)n3)cc2F)cn1. The summed E-state index contributed by atoms with van der Waals surface area (Å²) in [5.41, 5.74) is 13.6. The maximum Gasteiger partial charge on any atom is 0.221 e. The van der Waals surface area contributed by atoms with E-state index in [9.17, 15) is 4.39 Å². The van der Waals surface area contributed by atoms with Crippen LogP contribution in [-0.4, -0.2) is 19.9 Å². The van der Waals surface area contributed by atoms with E-state index in [1.54, 1.807) is 18.3 Å². The third-order valence-corrected chi connectivity index (χ3v) is 4.99. The van der Waals surface area contributed by atoms with Crippen LogP contribution in [0.4, 0.5) is 16.2 Å². The highest BCUT2D eigenvalue weighted by molar-refractivity contribution is 7.99. The normalized spacial score (nSPS) is 10.4. The van der Waals surface area contributed by atoms with Gasteiger partial charge in [0.1, 0.15) is 16.7 Å². The first-order valence-corrected chi connectivity index (χ1v) is 9.15. The second-order valence-corrected chi connectivity index (χ2v) is 6.93. The molecule has 2 aromatic heterocycles. The molecule has 0 aliphatic rings. The summed E-state index contributed by atoms with van der Waals surface area (Å²) in [5, 5.41) is 0.717. The van der Waals surface area contributed by atoms with Gasteiger partial charge in [0.25, 0.3) is 0 Å². The number of nitrogens with two attached hydrogens (primary N) is 2. The lowest BCUT2D eigenvalue weighted by Crippen LogP contribution is -1.95. The summed E-state index contributed by atoms with van der Waals surface area (Å²) >= 11 is 1.44. The van der Waals surface area contributed by atoms with Crippen LogP contribution in [0, 0.1) is 5.82 Å². The van der Waals surface area contributed by atoms with E-state index in [0.29, 0.717) is 16.3 Å². The van der Waals surface area contributed by atoms with Gasteiger partial charge >= 0.3 is 0 Å². The van der Waals surface area contributed by atoms with Crippen molar-refractivity contribution in [1.82, 2.24) is 19.9 Å². The summed E-state index contributed by atoms with van der Waals surface area (Å²) in [5.74, 6) is 0.113. The minimum atomic E-state index is -0.386. The first-order valence-electron chi connectivity index (χ1n) is 8.33. The lowest BCUT2D eigenvalue weighted by molar-refractivity contribution is 0.631. The molecule has 0 unspecified atom stereocenters. The lowest BCUT2D eigenvalue weighted by Gasteiger charge is -2.11. The van der Waals surface area contributed by atoms with Crippen molar-refractivity contribution in [2.24, 2.45) is 0 Å². The number of benzene rings is 2. The van der Waals surface area contributed by atoms with E-state index in [2.05, 4.69) is 19.9 Å². The molecule has 0 radical (unpaired) electrons. The first-order chi connectivity index (χ1) is 13.6. The molecule has 0 bridgehead atoms. The van der Waals surface area contributed by atoms with E-state index in [4.69, 9.17) is 11.5 Å². The van der Waals surface area contributed by atoms with Crippen LogP contribution < -0.4 is 11.5 Å². The van der Waals surface area contributed by atoms with E-state index in [-0.39, 0.29) is 30.0 Å². The van der Waals surface area contributed by atoms with Gasteiger partial charge in [0.15, 0.2) is 0 Å². The molecule has 0 saturated heterocycles. The maximum absolute atomic E-state index is 14.8. The summed E-state index contributed by atoms with van der Waals surface area (Å²) < 4.78 is 14.8. The Balaban J connectivity index is 0.00000240. The molecule has 2 heterocycles. The van der Waals surface area contributed by atoms with Gasteiger partial charge in [-0.05, 0) is 35.4 Å². The highest BCUT2D eigenvalue weighted by Crippen LogP contribution is 2.36. The Morgan fingerprint density at radius 2 is 1.69 bits per heavy atom. The first kappa shape index (κ1) is 20.5. The zero-order valence-electron chi connectivity index (χ0n) is 15.0. The molecular weight excluding hydrogens is 411 g/mol. The predicted molar refractivity (Wildman–Crippen MR) is 115 cm³/mol. The van der Waals surface area contributed by atoms with Crippen LogP contribution in [0.15, 0.2) is 77.0 Å². The van der Waals surface area contributed by atoms with Crippen molar-refractivity contribution in [3.63, 3.8) is 0 Å². The maximum atomic E-state index is 14.8. The van der Waals surface area contributed by atoms with Crippen molar-refractivity contribution < 1.29 is 4.39 Å². The van der Waals surface area contributed by atoms with Crippen LogP contribution in [0.1, 0.15) is 0 Å². The van der Waals surface area contributed by atoms with Crippen molar-refractivity contribution in [3.05, 3.63) is 72.9 Å². The summed E-state index contributed by atoms with van der Waals surface area (Å²) in [7, 11) is 0. The van der Waals surface area contributed by atoms with Gasteiger partial charge < -0.3 is 11.5 Å². The number of nitrogens with zero attached hydrogens (tertiary/aromatic N) is 4. The van der Waals surface area contributed by atoms with Crippen LogP contribution in [0.5, 0.6) is 0 Å². The van der Waals surface area contributed by atoms with Gasteiger partial charge in [0, 0.05) is 16.7 Å². The molecule has 6 nitrogen and oxygen atoms in total. The van der Waals surface area contributed by atoms with Crippen LogP contribution >= 0.6 is 24.2 Å². The minimum Gasteiger partial charge on any atom is -0.382 e. The molecular formula is C20H16ClFN6S. The van der Waals surface area contributed by atoms with E-state index in [1.165, 1.54) is 30.2 Å². The fourth-order valence-corrected chi connectivity index (χ4v) is 3.62. The Hall–Kier alpha value is -3.23. The molecule has 0 amide bonds. The van der Waals surface area contributed by atoms with Crippen LogP contribution in [0.3, 0.4) is 0 Å². The largest absolute Gasteiger partial charge is 0.382 e. The van der Waals surface area contributed by atoms with Gasteiger partial charge in [-0.3, -0.25) is 4.98 Å². The molecule has 0 aliphatic carbocycles. The molecule has 4 rings (SSSR count). The monoisotopic (exact) mass is 426 g/mol.